The van der Waals surface area contributed by atoms with Crippen molar-refractivity contribution in [1.29, 1.82) is 0 Å². The second-order valence-electron chi connectivity index (χ2n) is 4.00. The zero-order chi connectivity index (χ0) is 13.1. The van der Waals surface area contributed by atoms with Gasteiger partial charge >= 0.3 is 0 Å². The quantitative estimate of drug-likeness (QED) is 0.615. The molecular weight excluding hydrogens is 240 g/mol. The van der Waals surface area contributed by atoms with Gasteiger partial charge in [-0.25, -0.2) is 5.06 Å². The Bertz CT molecular complexity index is 459. The third-order valence-electron chi connectivity index (χ3n) is 2.58. The second kappa shape index (κ2) is 5.11. The number of hydrogen-bond donors (Lipinski definition) is 1. The molecule has 0 bridgehead atoms. The number of β-amino-alcohol motifs (C(OH)–C–C–N with tert-alkyl or cyclic N) is 1. The van der Waals surface area contributed by atoms with Gasteiger partial charge in [-0.15, -0.1) is 0 Å². The highest BCUT2D eigenvalue weighted by molar-refractivity contribution is 5.78. The smallest absolute Gasteiger partial charge is 0.269 e. The highest BCUT2D eigenvalue weighted by Crippen LogP contribution is 2.14. The molecule has 7 heteroatoms. The van der Waals surface area contributed by atoms with Crippen LogP contribution < -0.4 is 0 Å². The number of nitro benzene ring substituents is 1. The van der Waals surface area contributed by atoms with E-state index in [2.05, 4.69) is 0 Å². The van der Waals surface area contributed by atoms with Crippen molar-refractivity contribution in [2.24, 2.45) is 0 Å². The summed E-state index contributed by atoms with van der Waals surface area (Å²) in [6.07, 6.45) is -0.559. The molecule has 1 N–H and O–H groups in total. The number of carbonyl (C=O) groups is 1. The largest absolute Gasteiger partial charge is 0.389 e. The van der Waals surface area contributed by atoms with Gasteiger partial charge in [0.15, 0.2) is 0 Å². The molecule has 0 radical (unpaired) electrons. The summed E-state index contributed by atoms with van der Waals surface area (Å²) in [5.41, 5.74) is 0.648. The van der Waals surface area contributed by atoms with Gasteiger partial charge in [-0.2, -0.15) is 0 Å². The van der Waals surface area contributed by atoms with Crippen molar-refractivity contribution in [3.8, 4) is 0 Å². The predicted molar refractivity (Wildman–Crippen MR) is 60.5 cm³/mol. The lowest BCUT2D eigenvalue weighted by Gasteiger charge is -2.13. The second-order valence-corrected chi connectivity index (χ2v) is 4.00. The molecule has 0 saturated carbocycles. The van der Waals surface area contributed by atoms with Crippen LogP contribution in [-0.4, -0.2) is 40.3 Å². The molecule has 1 atom stereocenters. The first kappa shape index (κ1) is 12.5. The van der Waals surface area contributed by atoms with Gasteiger partial charge < -0.3 is 5.11 Å². The maximum absolute atomic E-state index is 11.7. The number of non-ortho nitro benzene ring substituents is 1. The lowest BCUT2D eigenvalue weighted by Crippen LogP contribution is -2.29. The van der Waals surface area contributed by atoms with Gasteiger partial charge in [0.1, 0.15) is 6.61 Å². The third kappa shape index (κ3) is 2.82. The van der Waals surface area contributed by atoms with Crippen LogP contribution in [-0.2, 0) is 16.1 Å². The van der Waals surface area contributed by atoms with Crippen molar-refractivity contribution in [3.63, 3.8) is 0 Å². The number of amides is 1. The molecule has 2 rings (SSSR count). The zero-order valence-electron chi connectivity index (χ0n) is 9.48. The summed E-state index contributed by atoms with van der Waals surface area (Å²) in [7, 11) is 0. The van der Waals surface area contributed by atoms with E-state index < -0.39 is 11.0 Å². The number of carbonyl (C=O) groups excluding carboxylic acids is 1. The molecule has 18 heavy (non-hydrogen) atoms. The lowest BCUT2D eigenvalue weighted by atomic mass is 10.1. The SMILES string of the molecule is O=C(Cc1ccc([N+](=O)[O-])cc1)N1C[C@H](O)CO1. The van der Waals surface area contributed by atoms with Gasteiger partial charge in [0, 0.05) is 12.1 Å². The van der Waals surface area contributed by atoms with E-state index in [1.807, 2.05) is 0 Å². The highest BCUT2D eigenvalue weighted by atomic mass is 16.7. The van der Waals surface area contributed by atoms with E-state index in [0.29, 0.717) is 5.56 Å². The molecule has 0 aliphatic carbocycles. The maximum Gasteiger partial charge on any atom is 0.269 e. The standard InChI is InChI=1S/C11H12N2O5/c14-10-6-12(18-7-10)11(15)5-8-1-3-9(4-2-8)13(16)17/h1-4,10,14H,5-7H2/t10-/m0/s1. The third-order valence-corrected chi connectivity index (χ3v) is 2.58. The van der Waals surface area contributed by atoms with Crippen molar-refractivity contribution in [3.05, 3.63) is 39.9 Å². The summed E-state index contributed by atoms with van der Waals surface area (Å²) in [6, 6.07) is 5.76. The number of aliphatic hydroxyl groups excluding tert-OH is 1. The number of hydroxylamine groups is 2. The fourth-order valence-corrected chi connectivity index (χ4v) is 1.64. The van der Waals surface area contributed by atoms with Gasteiger partial charge in [0.25, 0.3) is 11.6 Å². The molecule has 0 spiro atoms. The van der Waals surface area contributed by atoms with Crippen molar-refractivity contribution in [1.82, 2.24) is 5.06 Å². The summed E-state index contributed by atoms with van der Waals surface area (Å²) in [5.74, 6) is -0.277. The maximum atomic E-state index is 11.7. The molecule has 1 heterocycles. The summed E-state index contributed by atoms with van der Waals surface area (Å²) >= 11 is 0. The van der Waals surface area contributed by atoms with Crippen molar-refractivity contribution in [2.75, 3.05) is 13.2 Å². The molecule has 1 saturated heterocycles. The molecule has 96 valence electrons. The van der Waals surface area contributed by atoms with Crippen LogP contribution in [0.1, 0.15) is 5.56 Å². The Kier molecular flexibility index (Phi) is 3.54. The van der Waals surface area contributed by atoms with Crippen molar-refractivity contribution in [2.45, 2.75) is 12.5 Å². The average Bonchev–Trinajstić information content (AvgIpc) is 2.76. The van der Waals surface area contributed by atoms with Gasteiger partial charge in [-0.05, 0) is 5.56 Å². The molecule has 1 aliphatic heterocycles. The first-order chi connectivity index (χ1) is 8.56. The summed E-state index contributed by atoms with van der Waals surface area (Å²) in [4.78, 5) is 26.7. The molecule has 1 amide bonds. The minimum Gasteiger partial charge on any atom is -0.389 e. The van der Waals surface area contributed by atoms with E-state index in [1.165, 1.54) is 24.3 Å². The Hall–Kier alpha value is -1.99. The van der Waals surface area contributed by atoms with E-state index in [1.54, 1.807) is 0 Å². The van der Waals surface area contributed by atoms with Gasteiger partial charge in [-0.3, -0.25) is 19.7 Å². The predicted octanol–water partition coefficient (Wildman–Crippen LogP) is 0.272. The fourth-order valence-electron chi connectivity index (χ4n) is 1.64. The van der Waals surface area contributed by atoms with E-state index in [4.69, 9.17) is 4.84 Å². The molecule has 1 fully saturated rings. The van der Waals surface area contributed by atoms with Crippen LogP contribution in [0.2, 0.25) is 0 Å². The molecular formula is C11H12N2O5. The molecule has 1 aliphatic rings. The van der Waals surface area contributed by atoms with Gasteiger partial charge in [0.2, 0.25) is 0 Å². The van der Waals surface area contributed by atoms with Crippen LogP contribution in [0, 0.1) is 10.1 Å². The van der Waals surface area contributed by atoms with E-state index in [0.717, 1.165) is 5.06 Å². The Morgan fingerprint density at radius 1 is 1.50 bits per heavy atom. The Labute approximate surface area is 103 Å². The number of aliphatic hydroxyl groups is 1. The van der Waals surface area contributed by atoms with Crippen LogP contribution >= 0.6 is 0 Å². The van der Waals surface area contributed by atoms with Crippen LogP contribution in [0.15, 0.2) is 24.3 Å². The molecule has 1 aromatic carbocycles. The molecule has 0 aromatic heterocycles. The Morgan fingerprint density at radius 3 is 2.67 bits per heavy atom. The van der Waals surface area contributed by atoms with Crippen molar-refractivity contribution < 1.29 is 19.7 Å². The first-order valence-corrected chi connectivity index (χ1v) is 5.41. The topological polar surface area (TPSA) is 92.9 Å². The van der Waals surface area contributed by atoms with Crippen LogP contribution in [0.3, 0.4) is 0 Å². The molecule has 1 aromatic rings. The van der Waals surface area contributed by atoms with E-state index >= 15 is 0 Å². The summed E-state index contributed by atoms with van der Waals surface area (Å²) in [6.45, 7) is 0.276. The summed E-state index contributed by atoms with van der Waals surface area (Å²) in [5, 5.41) is 20.8. The number of nitrogens with zero attached hydrogens (tertiary/aromatic N) is 2. The van der Waals surface area contributed by atoms with E-state index in [-0.39, 0.29) is 31.2 Å². The number of benzene rings is 1. The van der Waals surface area contributed by atoms with Gasteiger partial charge in [-0.1, -0.05) is 12.1 Å². The van der Waals surface area contributed by atoms with E-state index in [9.17, 15) is 20.0 Å². The zero-order valence-corrected chi connectivity index (χ0v) is 9.48. The average molecular weight is 252 g/mol. The van der Waals surface area contributed by atoms with Crippen LogP contribution in [0.25, 0.3) is 0 Å². The first-order valence-electron chi connectivity index (χ1n) is 5.41. The fraction of sp³-hybridized carbons (Fsp3) is 0.364. The molecule has 7 nitrogen and oxygen atoms in total. The minimum atomic E-state index is -0.647. The monoisotopic (exact) mass is 252 g/mol. The highest BCUT2D eigenvalue weighted by Gasteiger charge is 2.25. The van der Waals surface area contributed by atoms with Crippen LogP contribution in [0.5, 0.6) is 0 Å². The number of nitro groups is 1. The van der Waals surface area contributed by atoms with Crippen molar-refractivity contribution >= 4 is 11.6 Å². The number of hydrogen-bond acceptors (Lipinski definition) is 5. The Balaban J connectivity index is 1.97. The Morgan fingerprint density at radius 2 is 2.17 bits per heavy atom. The van der Waals surface area contributed by atoms with Gasteiger partial charge in [0.05, 0.1) is 24.0 Å². The normalized spacial score (nSPS) is 18.9. The summed E-state index contributed by atoms with van der Waals surface area (Å²) < 4.78 is 0. The molecule has 0 unspecified atom stereocenters. The minimum absolute atomic E-state index is 0.0148. The number of rotatable bonds is 3. The lowest BCUT2D eigenvalue weighted by molar-refractivity contribution is -0.384. The van der Waals surface area contributed by atoms with Crippen LogP contribution in [0.4, 0.5) is 5.69 Å².